The fourth-order valence-electron chi connectivity index (χ4n) is 3.57. The number of esters is 1. The first-order valence-electron chi connectivity index (χ1n) is 9.13. The minimum atomic E-state index is -4.54. The Kier molecular flexibility index (Phi) is 4.98. The maximum atomic E-state index is 13.3. The van der Waals surface area contributed by atoms with Crippen molar-refractivity contribution in [1.29, 1.82) is 5.26 Å². The summed E-state index contributed by atoms with van der Waals surface area (Å²) in [5.74, 6) is -0.313. The summed E-state index contributed by atoms with van der Waals surface area (Å²) in [7, 11) is 1.35. The second-order valence-corrected chi connectivity index (χ2v) is 8.46. The summed E-state index contributed by atoms with van der Waals surface area (Å²) >= 11 is 1.35. The number of nitrogens with zero attached hydrogens (tertiary/aromatic N) is 3. The van der Waals surface area contributed by atoms with Crippen LogP contribution in [0.15, 0.2) is 47.8 Å². The topological polar surface area (TPSA) is 67.4 Å². The quantitative estimate of drug-likeness (QED) is 0.539. The third-order valence-corrected chi connectivity index (χ3v) is 6.83. The maximum Gasteiger partial charge on any atom is 0.417 e. The molecule has 0 saturated heterocycles. The van der Waals surface area contributed by atoms with Gasteiger partial charge in [-0.05, 0) is 43.5 Å². The number of hydrogen-bond acceptors (Lipinski definition) is 5. The molecule has 0 bridgehead atoms. The van der Waals surface area contributed by atoms with Crippen LogP contribution < -0.4 is 0 Å². The molecule has 154 valence electrons. The van der Waals surface area contributed by atoms with Crippen molar-refractivity contribution in [2.75, 3.05) is 7.11 Å². The number of aromatic nitrogens is 2. The van der Waals surface area contributed by atoms with E-state index in [1.807, 2.05) is 6.07 Å². The molecule has 0 unspecified atom stereocenters. The monoisotopic (exact) mass is 431 g/mol. The third kappa shape index (κ3) is 3.31. The van der Waals surface area contributed by atoms with Gasteiger partial charge in [-0.1, -0.05) is 0 Å². The van der Waals surface area contributed by atoms with Crippen LogP contribution in [0.2, 0.25) is 0 Å². The first-order valence-corrected chi connectivity index (χ1v) is 9.95. The first kappa shape index (κ1) is 20.3. The van der Waals surface area contributed by atoms with Crippen molar-refractivity contribution < 1.29 is 22.7 Å². The molecule has 3 aromatic heterocycles. The second-order valence-electron chi connectivity index (χ2n) is 7.04. The number of carbonyl (C=O) groups is 1. The van der Waals surface area contributed by atoms with Crippen molar-refractivity contribution >= 4 is 23.2 Å². The van der Waals surface area contributed by atoms with E-state index in [1.165, 1.54) is 29.3 Å². The average Bonchev–Trinajstić information content (AvgIpc) is 3.16. The Morgan fingerprint density at radius 1 is 1.33 bits per heavy atom. The fraction of sp³-hybridized carbons (Fsp3) is 0.286. The largest absolute Gasteiger partial charge is 0.468 e. The number of ether oxygens (including phenoxy) is 1. The molecule has 0 aromatic carbocycles. The predicted octanol–water partition coefficient (Wildman–Crippen LogP) is 5.08. The Labute approximate surface area is 174 Å². The highest BCUT2D eigenvalue weighted by Gasteiger charge is 2.46. The molecule has 30 heavy (non-hydrogen) atoms. The van der Waals surface area contributed by atoms with Gasteiger partial charge in [0.25, 0.3) is 0 Å². The minimum absolute atomic E-state index is 0.136. The molecule has 0 spiro atoms. The average molecular weight is 431 g/mol. The maximum absolute atomic E-state index is 13.3. The van der Waals surface area contributed by atoms with Crippen molar-refractivity contribution in [3.8, 4) is 17.3 Å². The molecule has 0 amide bonds. The van der Waals surface area contributed by atoms with Crippen molar-refractivity contribution in [3.05, 3.63) is 54.0 Å². The highest BCUT2D eigenvalue weighted by atomic mass is 32.2. The highest BCUT2D eigenvalue weighted by Crippen LogP contribution is 2.50. The van der Waals surface area contributed by atoms with E-state index in [1.54, 1.807) is 24.5 Å². The number of nitriles is 1. The summed E-state index contributed by atoms with van der Waals surface area (Å²) in [6.45, 7) is 0. The van der Waals surface area contributed by atoms with Gasteiger partial charge in [-0.25, -0.2) is 0 Å². The summed E-state index contributed by atoms with van der Waals surface area (Å²) in [6, 6.07) is 7.73. The van der Waals surface area contributed by atoms with E-state index in [9.17, 15) is 23.2 Å². The van der Waals surface area contributed by atoms with E-state index < -0.39 is 16.5 Å². The molecule has 0 aliphatic heterocycles. The van der Waals surface area contributed by atoms with Crippen molar-refractivity contribution in [3.63, 3.8) is 0 Å². The highest BCUT2D eigenvalue weighted by molar-refractivity contribution is 8.01. The third-order valence-electron chi connectivity index (χ3n) is 5.29. The molecule has 0 atom stereocenters. The van der Waals surface area contributed by atoms with Gasteiger partial charge in [-0.3, -0.25) is 9.78 Å². The summed E-state index contributed by atoms with van der Waals surface area (Å²) in [5, 5.41) is 9.33. The minimum Gasteiger partial charge on any atom is -0.468 e. The zero-order valence-corrected chi connectivity index (χ0v) is 16.7. The van der Waals surface area contributed by atoms with Crippen LogP contribution in [0, 0.1) is 11.3 Å². The van der Waals surface area contributed by atoms with E-state index in [0.717, 1.165) is 18.7 Å². The van der Waals surface area contributed by atoms with Crippen molar-refractivity contribution in [2.45, 2.75) is 35.1 Å². The van der Waals surface area contributed by atoms with Crippen LogP contribution in [0.5, 0.6) is 0 Å². The Balaban J connectivity index is 1.87. The summed E-state index contributed by atoms with van der Waals surface area (Å²) in [5.41, 5.74) is 0.492. The number of alkyl halides is 3. The molecule has 9 heteroatoms. The fourth-order valence-corrected chi connectivity index (χ4v) is 5.05. The Morgan fingerprint density at radius 2 is 2.10 bits per heavy atom. The van der Waals surface area contributed by atoms with E-state index in [-0.39, 0.29) is 17.0 Å². The number of fused-ring (bicyclic) bond motifs is 1. The number of halogens is 3. The van der Waals surface area contributed by atoms with Gasteiger partial charge in [0.1, 0.15) is 10.8 Å². The normalized spacial score (nSPS) is 15.4. The summed E-state index contributed by atoms with van der Waals surface area (Å²) < 4.78 is 45.6. The van der Waals surface area contributed by atoms with Crippen LogP contribution in [-0.2, 0) is 15.7 Å². The van der Waals surface area contributed by atoms with Crippen LogP contribution in [0.4, 0.5) is 13.2 Å². The van der Waals surface area contributed by atoms with Gasteiger partial charge in [0, 0.05) is 29.0 Å². The molecule has 1 aliphatic rings. The number of carbonyl (C=O) groups excluding carboxylic acids is 1. The van der Waals surface area contributed by atoms with E-state index in [4.69, 9.17) is 4.74 Å². The lowest BCUT2D eigenvalue weighted by atomic mass is 9.84. The smallest absolute Gasteiger partial charge is 0.417 e. The molecular weight excluding hydrogens is 415 g/mol. The molecule has 3 heterocycles. The van der Waals surface area contributed by atoms with Crippen LogP contribution >= 0.6 is 11.8 Å². The molecular formula is C21H16F3N3O2S. The Morgan fingerprint density at radius 3 is 2.70 bits per heavy atom. The van der Waals surface area contributed by atoms with Crippen LogP contribution in [0.3, 0.4) is 0 Å². The Bertz CT molecular complexity index is 1180. The van der Waals surface area contributed by atoms with Gasteiger partial charge in [-0.15, -0.1) is 11.8 Å². The van der Waals surface area contributed by atoms with Crippen molar-refractivity contribution in [1.82, 2.24) is 9.38 Å². The van der Waals surface area contributed by atoms with Crippen molar-refractivity contribution in [2.24, 2.45) is 0 Å². The van der Waals surface area contributed by atoms with Gasteiger partial charge in [0.2, 0.25) is 0 Å². The van der Waals surface area contributed by atoms with E-state index in [0.29, 0.717) is 29.0 Å². The van der Waals surface area contributed by atoms with Gasteiger partial charge >= 0.3 is 12.1 Å². The molecule has 1 fully saturated rings. The van der Waals surface area contributed by atoms with Gasteiger partial charge in [0.15, 0.2) is 0 Å². The lowest BCUT2D eigenvalue weighted by Crippen LogP contribution is -2.42. The van der Waals surface area contributed by atoms with E-state index >= 15 is 0 Å². The van der Waals surface area contributed by atoms with Crippen LogP contribution in [0.1, 0.15) is 30.4 Å². The molecule has 0 radical (unpaired) electrons. The zero-order chi connectivity index (χ0) is 21.5. The van der Waals surface area contributed by atoms with Crippen LogP contribution in [-0.4, -0.2) is 27.2 Å². The summed E-state index contributed by atoms with van der Waals surface area (Å²) in [4.78, 5) is 17.2. The van der Waals surface area contributed by atoms with E-state index in [2.05, 4.69) is 4.98 Å². The molecule has 0 N–H and O–H groups in total. The SMILES string of the molecule is COC(=O)C1(Sc2ccncc2-c2ccc(C#N)c3cc(C(F)(F)F)cn23)CCC1. The number of thioether (sulfide) groups is 1. The lowest BCUT2D eigenvalue weighted by molar-refractivity contribution is -0.145. The molecule has 3 aromatic rings. The number of hydrogen-bond donors (Lipinski definition) is 0. The zero-order valence-electron chi connectivity index (χ0n) is 15.9. The Hall–Kier alpha value is -2.99. The molecule has 1 aliphatic carbocycles. The predicted molar refractivity (Wildman–Crippen MR) is 105 cm³/mol. The number of rotatable bonds is 4. The molecule has 4 rings (SSSR count). The lowest BCUT2D eigenvalue weighted by Gasteiger charge is -2.38. The van der Waals surface area contributed by atoms with Crippen LogP contribution in [0.25, 0.3) is 16.8 Å². The molecule has 5 nitrogen and oxygen atoms in total. The number of pyridine rings is 2. The molecule has 1 saturated carbocycles. The van der Waals surface area contributed by atoms with Gasteiger partial charge in [-0.2, -0.15) is 18.4 Å². The number of methoxy groups -OCH3 is 1. The summed E-state index contributed by atoms with van der Waals surface area (Å²) in [6.07, 6.45) is 1.80. The first-order chi connectivity index (χ1) is 14.3. The van der Waals surface area contributed by atoms with Gasteiger partial charge in [0.05, 0.1) is 29.4 Å². The van der Waals surface area contributed by atoms with Gasteiger partial charge < -0.3 is 9.14 Å². The standard InChI is InChI=1S/C21H16F3N3O2S/c1-29-19(28)20(6-2-7-20)30-18-5-8-26-11-15(18)16-4-3-13(10-25)17-9-14(12-27(16)17)21(22,23)24/h3-5,8-9,11-12H,2,6-7H2,1H3. The second kappa shape index (κ2) is 7.36.